The van der Waals surface area contributed by atoms with Crippen LogP contribution in [-0.2, 0) is 0 Å². The molecule has 0 aliphatic rings. The quantitative estimate of drug-likeness (QED) is 0.250. The first kappa shape index (κ1) is 22.1. The number of para-hydroxylation sites is 1. The topological polar surface area (TPSA) is 43.6 Å². The van der Waals surface area contributed by atoms with Crippen LogP contribution in [0.5, 0.6) is 0 Å². The molecule has 0 fully saturated rings. The average molecular weight is 489 g/mol. The van der Waals surface area contributed by atoms with E-state index in [1.165, 1.54) is 27.4 Å². The molecule has 2 heterocycles. The molecule has 2 aromatic heterocycles. The van der Waals surface area contributed by atoms with Crippen molar-refractivity contribution in [3.63, 3.8) is 0 Å². The van der Waals surface area contributed by atoms with Crippen molar-refractivity contribution in [3.05, 3.63) is 133 Å². The van der Waals surface area contributed by atoms with Gasteiger partial charge in [0.25, 0.3) is 0 Å². The van der Waals surface area contributed by atoms with Crippen molar-refractivity contribution in [1.82, 2.24) is 19.5 Å². The van der Waals surface area contributed by atoms with Crippen molar-refractivity contribution in [2.75, 3.05) is 0 Å². The lowest BCUT2D eigenvalue weighted by molar-refractivity contribution is 1.07. The first-order valence-electron chi connectivity index (χ1n) is 12.7. The van der Waals surface area contributed by atoms with Gasteiger partial charge >= 0.3 is 0 Å². The van der Waals surface area contributed by atoms with Crippen molar-refractivity contribution in [3.8, 4) is 39.9 Å². The monoisotopic (exact) mass is 488 g/mol. The Kier molecular flexibility index (Phi) is 5.30. The molecule has 0 bridgehead atoms. The maximum atomic E-state index is 4.87. The number of benzene rings is 5. The van der Waals surface area contributed by atoms with E-state index in [9.17, 15) is 0 Å². The van der Waals surface area contributed by atoms with Crippen molar-refractivity contribution in [1.29, 1.82) is 0 Å². The minimum Gasteiger partial charge on any atom is -0.309 e. The number of aromatic nitrogens is 4. The standard InChI is InChI=1S/C34H24N4/c1-23-16-21-31-29(22-23)28-14-8-9-15-30(28)38(31)27-19-17-26(18-20-27)34-36-32(24-10-4-2-5-11-24)35-33(37-34)25-12-6-3-7-13-25/h2-22H,1H3. The van der Waals surface area contributed by atoms with Crippen molar-refractivity contribution < 1.29 is 0 Å². The lowest BCUT2D eigenvalue weighted by Gasteiger charge is -2.11. The summed E-state index contributed by atoms with van der Waals surface area (Å²) in [7, 11) is 0. The van der Waals surface area contributed by atoms with Crippen molar-refractivity contribution >= 4 is 21.8 Å². The highest BCUT2D eigenvalue weighted by Crippen LogP contribution is 2.33. The van der Waals surface area contributed by atoms with Crippen LogP contribution in [0.2, 0.25) is 0 Å². The highest BCUT2D eigenvalue weighted by molar-refractivity contribution is 6.09. The third kappa shape index (κ3) is 3.84. The third-order valence-electron chi connectivity index (χ3n) is 6.91. The van der Waals surface area contributed by atoms with Gasteiger partial charge in [-0.25, -0.2) is 15.0 Å². The van der Waals surface area contributed by atoms with E-state index < -0.39 is 0 Å². The second-order valence-electron chi connectivity index (χ2n) is 9.46. The lowest BCUT2D eigenvalue weighted by Crippen LogP contribution is -2.00. The van der Waals surface area contributed by atoms with Crippen molar-refractivity contribution in [2.45, 2.75) is 6.92 Å². The Labute approximate surface area is 220 Å². The molecule has 0 N–H and O–H groups in total. The van der Waals surface area contributed by atoms with E-state index in [4.69, 9.17) is 15.0 Å². The molecule has 0 amide bonds. The van der Waals surface area contributed by atoms with Crippen LogP contribution in [0.1, 0.15) is 5.56 Å². The molecule has 0 atom stereocenters. The molecule has 0 radical (unpaired) electrons. The Morgan fingerprint density at radius 1 is 0.447 bits per heavy atom. The number of nitrogens with zero attached hydrogens (tertiary/aromatic N) is 4. The molecule has 0 spiro atoms. The predicted octanol–water partition coefficient (Wildman–Crippen LogP) is 8.28. The van der Waals surface area contributed by atoms with Gasteiger partial charge in [-0.2, -0.15) is 0 Å². The highest BCUT2D eigenvalue weighted by Gasteiger charge is 2.14. The van der Waals surface area contributed by atoms with Crippen LogP contribution in [0.15, 0.2) is 127 Å². The minimum atomic E-state index is 0.655. The summed E-state index contributed by atoms with van der Waals surface area (Å²) in [5.74, 6) is 1.98. The third-order valence-corrected chi connectivity index (χ3v) is 6.91. The molecule has 4 nitrogen and oxygen atoms in total. The molecule has 0 saturated heterocycles. The lowest BCUT2D eigenvalue weighted by atomic mass is 10.1. The van der Waals surface area contributed by atoms with Gasteiger partial charge in [-0.15, -0.1) is 0 Å². The summed E-state index contributed by atoms with van der Waals surface area (Å²) >= 11 is 0. The molecule has 0 saturated carbocycles. The molecule has 7 rings (SSSR count). The van der Waals surface area contributed by atoms with Gasteiger partial charge in [0, 0.05) is 33.2 Å². The highest BCUT2D eigenvalue weighted by atomic mass is 15.0. The van der Waals surface area contributed by atoms with Crippen LogP contribution < -0.4 is 0 Å². The maximum absolute atomic E-state index is 4.87. The van der Waals surface area contributed by atoms with Gasteiger partial charge in [-0.05, 0) is 49.4 Å². The number of hydrogen-bond acceptors (Lipinski definition) is 3. The maximum Gasteiger partial charge on any atom is 0.164 e. The molecular weight excluding hydrogens is 464 g/mol. The van der Waals surface area contributed by atoms with E-state index in [0.717, 1.165) is 22.4 Å². The first-order valence-corrected chi connectivity index (χ1v) is 12.7. The molecule has 4 heteroatoms. The zero-order valence-electron chi connectivity index (χ0n) is 20.9. The molecule has 180 valence electrons. The van der Waals surface area contributed by atoms with Crippen LogP contribution >= 0.6 is 0 Å². The van der Waals surface area contributed by atoms with E-state index in [0.29, 0.717) is 17.5 Å². The fraction of sp³-hybridized carbons (Fsp3) is 0.0294. The van der Waals surface area contributed by atoms with Gasteiger partial charge < -0.3 is 4.57 Å². The van der Waals surface area contributed by atoms with Crippen LogP contribution in [0.3, 0.4) is 0 Å². The molecule has 7 aromatic rings. The van der Waals surface area contributed by atoms with Gasteiger partial charge in [-0.3, -0.25) is 0 Å². The van der Waals surface area contributed by atoms with Crippen molar-refractivity contribution in [2.24, 2.45) is 0 Å². The first-order chi connectivity index (χ1) is 18.7. The van der Waals surface area contributed by atoms with E-state index in [-0.39, 0.29) is 0 Å². The smallest absolute Gasteiger partial charge is 0.164 e. The molecule has 0 unspecified atom stereocenters. The average Bonchev–Trinajstić information content (AvgIpc) is 3.31. The summed E-state index contributed by atoms with van der Waals surface area (Å²) < 4.78 is 2.33. The summed E-state index contributed by atoms with van der Waals surface area (Å²) in [6.07, 6.45) is 0. The van der Waals surface area contributed by atoms with Gasteiger partial charge in [0.05, 0.1) is 11.0 Å². The zero-order valence-corrected chi connectivity index (χ0v) is 20.9. The van der Waals surface area contributed by atoms with E-state index in [1.54, 1.807) is 0 Å². The Morgan fingerprint density at radius 3 is 1.55 bits per heavy atom. The summed E-state index contributed by atoms with van der Waals surface area (Å²) in [5, 5.41) is 2.52. The molecule has 0 aliphatic carbocycles. The Morgan fingerprint density at radius 2 is 0.947 bits per heavy atom. The predicted molar refractivity (Wildman–Crippen MR) is 155 cm³/mol. The number of hydrogen-bond donors (Lipinski definition) is 0. The van der Waals surface area contributed by atoms with Crippen LogP contribution in [0, 0.1) is 6.92 Å². The van der Waals surface area contributed by atoms with Gasteiger partial charge in [0.15, 0.2) is 17.5 Å². The fourth-order valence-corrected chi connectivity index (χ4v) is 5.06. The second-order valence-corrected chi connectivity index (χ2v) is 9.46. The van der Waals surface area contributed by atoms with Gasteiger partial charge in [-0.1, -0.05) is 90.5 Å². The van der Waals surface area contributed by atoms with Crippen LogP contribution in [0.25, 0.3) is 61.7 Å². The van der Waals surface area contributed by atoms with E-state index >= 15 is 0 Å². The largest absolute Gasteiger partial charge is 0.309 e. The number of aryl methyl sites for hydroxylation is 1. The zero-order chi connectivity index (χ0) is 25.5. The SMILES string of the molecule is Cc1ccc2c(c1)c1ccccc1n2-c1ccc(-c2nc(-c3ccccc3)nc(-c3ccccc3)n2)cc1. The van der Waals surface area contributed by atoms with Gasteiger partial charge in [0.2, 0.25) is 0 Å². The Bertz CT molecular complexity index is 1850. The van der Waals surface area contributed by atoms with Gasteiger partial charge in [0.1, 0.15) is 0 Å². The normalized spacial score (nSPS) is 11.3. The summed E-state index contributed by atoms with van der Waals surface area (Å²) in [5.41, 5.74) is 7.62. The second kappa shape index (κ2) is 9.09. The number of fused-ring (bicyclic) bond motifs is 3. The Hall–Kier alpha value is -5.09. The molecule has 0 aliphatic heterocycles. The van der Waals surface area contributed by atoms with E-state index in [2.05, 4.69) is 78.2 Å². The summed E-state index contributed by atoms with van der Waals surface area (Å²) in [4.78, 5) is 14.6. The minimum absolute atomic E-state index is 0.655. The molecule has 38 heavy (non-hydrogen) atoms. The summed E-state index contributed by atoms with van der Waals surface area (Å²) in [6, 6.07) is 43.9. The Balaban J connectivity index is 1.37. The fourth-order valence-electron chi connectivity index (χ4n) is 5.06. The molecular formula is C34H24N4. The molecule has 5 aromatic carbocycles. The summed E-state index contributed by atoms with van der Waals surface area (Å²) in [6.45, 7) is 2.14. The van der Waals surface area contributed by atoms with Crippen LogP contribution in [0.4, 0.5) is 0 Å². The van der Waals surface area contributed by atoms with E-state index in [1.807, 2.05) is 60.7 Å². The van der Waals surface area contributed by atoms with Crippen LogP contribution in [-0.4, -0.2) is 19.5 Å². The number of rotatable bonds is 4.